The van der Waals surface area contributed by atoms with Gasteiger partial charge in [-0.15, -0.1) is 0 Å². The highest BCUT2D eigenvalue weighted by Gasteiger charge is 2.52. The molecule has 0 saturated carbocycles. The van der Waals surface area contributed by atoms with Crippen molar-refractivity contribution >= 4 is 35.1 Å². The molecule has 0 aliphatic carbocycles. The maximum absolute atomic E-state index is 11.3. The lowest BCUT2D eigenvalue weighted by Gasteiger charge is -2.34. The van der Waals surface area contributed by atoms with Crippen LogP contribution in [0.15, 0.2) is 0 Å². The Labute approximate surface area is 103 Å². The van der Waals surface area contributed by atoms with Gasteiger partial charge in [0.25, 0.3) is 4.52 Å². The van der Waals surface area contributed by atoms with Crippen molar-refractivity contribution in [2.75, 3.05) is 0 Å². The number of alkyl halides is 2. The molecular weight excluding hydrogens is 259 g/mol. The van der Waals surface area contributed by atoms with E-state index in [1.54, 1.807) is 0 Å². The molecule has 1 aliphatic heterocycles. The molecule has 1 heterocycles. The normalized spacial score (nSPS) is 22.5. The minimum atomic E-state index is -2.50. The zero-order valence-corrected chi connectivity index (χ0v) is 10.2. The van der Waals surface area contributed by atoms with Gasteiger partial charge in [-0.3, -0.25) is 9.59 Å². The SMILES string of the molecule is CC1(C(O)(Cl)Cl)OC(=O)CCCCC(=O)O1. The van der Waals surface area contributed by atoms with Crippen molar-refractivity contribution in [1.82, 2.24) is 0 Å². The molecule has 7 heteroatoms. The van der Waals surface area contributed by atoms with Crippen LogP contribution in [-0.4, -0.2) is 27.4 Å². The van der Waals surface area contributed by atoms with E-state index in [0.29, 0.717) is 12.8 Å². The van der Waals surface area contributed by atoms with Crippen LogP contribution in [0.1, 0.15) is 32.6 Å². The number of hydrogen-bond donors (Lipinski definition) is 1. The van der Waals surface area contributed by atoms with Crippen LogP contribution in [0.25, 0.3) is 0 Å². The third-order valence-corrected chi connectivity index (χ3v) is 2.86. The molecule has 0 bridgehead atoms. The number of cyclic esters (lactones) is 2. The highest BCUT2D eigenvalue weighted by Crippen LogP contribution is 2.36. The van der Waals surface area contributed by atoms with E-state index in [1.165, 1.54) is 0 Å². The molecule has 0 unspecified atom stereocenters. The molecule has 1 aliphatic rings. The maximum Gasteiger partial charge on any atom is 0.311 e. The maximum atomic E-state index is 11.3. The van der Waals surface area contributed by atoms with Gasteiger partial charge >= 0.3 is 17.7 Å². The van der Waals surface area contributed by atoms with E-state index in [-0.39, 0.29) is 12.8 Å². The number of hydrogen-bond acceptors (Lipinski definition) is 5. The van der Waals surface area contributed by atoms with Gasteiger partial charge in [-0.25, -0.2) is 0 Å². The zero-order valence-electron chi connectivity index (χ0n) is 8.66. The number of halogens is 2. The van der Waals surface area contributed by atoms with Crippen LogP contribution in [0.2, 0.25) is 0 Å². The molecule has 0 aromatic heterocycles. The second-order valence-corrected chi connectivity index (χ2v) is 4.93. The summed E-state index contributed by atoms with van der Waals surface area (Å²) >= 11 is 10.9. The Kier molecular flexibility index (Phi) is 4.04. The van der Waals surface area contributed by atoms with Gasteiger partial charge in [0.15, 0.2) is 0 Å². The van der Waals surface area contributed by atoms with E-state index in [9.17, 15) is 14.7 Å². The van der Waals surface area contributed by atoms with Crippen molar-refractivity contribution in [2.45, 2.75) is 42.9 Å². The summed E-state index contributed by atoms with van der Waals surface area (Å²) in [6, 6.07) is 0. The number of ether oxygens (including phenoxy) is 2. The highest BCUT2D eigenvalue weighted by molar-refractivity contribution is 6.47. The fourth-order valence-corrected chi connectivity index (χ4v) is 1.37. The molecule has 0 aromatic rings. The predicted octanol–water partition coefficient (Wildman–Crippen LogP) is 1.49. The molecule has 1 fully saturated rings. The molecule has 0 radical (unpaired) electrons. The Hall–Kier alpha value is -0.520. The van der Waals surface area contributed by atoms with Crippen LogP contribution in [0, 0.1) is 0 Å². The molecule has 1 N–H and O–H groups in total. The molecule has 0 atom stereocenters. The first-order chi connectivity index (χ1) is 7.24. The van der Waals surface area contributed by atoms with Crippen LogP contribution in [-0.2, 0) is 19.1 Å². The average Bonchev–Trinajstić information content (AvgIpc) is 2.14. The first-order valence-corrected chi connectivity index (χ1v) is 5.54. The molecule has 1 rings (SSSR count). The summed E-state index contributed by atoms with van der Waals surface area (Å²) in [6.45, 7) is 1.13. The van der Waals surface area contributed by atoms with E-state index in [0.717, 1.165) is 6.92 Å². The van der Waals surface area contributed by atoms with Crippen molar-refractivity contribution < 1.29 is 24.2 Å². The number of esters is 2. The van der Waals surface area contributed by atoms with E-state index in [4.69, 9.17) is 32.7 Å². The Morgan fingerprint density at radius 1 is 1.19 bits per heavy atom. The van der Waals surface area contributed by atoms with Crippen molar-refractivity contribution in [3.8, 4) is 0 Å². The first kappa shape index (κ1) is 13.5. The van der Waals surface area contributed by atoms with Gasteiger partial charge < -0.3 is 14.6 Å². The van der Waals surface area contributed by atoms with Crippen LogP contribution in [0.4, 0.5) is 0 Å². The lowest BCUT2D eigenvalue weighted by molar-refractivity contribution is -0.247. The topological polar surface area (TPSA) is 72.8 Å². The number of carbonyl (C=O) groups excluding carboxylic acids is 2. The highest BCUT2D eigenvalue weighted by atomic mass is 35.5. The summed E-state index contributed by atoms with van der Waals surface area (Å²) in [7, 11) is 0. The summed E-state index contributed by atoms with van der Waals surface area (Å²) in [5, 5.41) is 9.42. The van der Waals surface area contributed by atoms with E-state index in [2.05, 4.69) is 0 Å². The number of aliphatic hydroxyl groups is 1. The van der Waals surface area contributed by atoms with Crippen LogP contribution >= 0.6 is 23.2 Å². The second-order valence-electron chi connectivity index (χ2n) is 3.64. The first-order valence-electron chi connectivity index (χ1n) is 4.78. The smallest absolute Gasteiger partial charge is 0.311 e. The fraction of sp³-hybridized carbons (Fsp3) is 0.778. The average molecular weight is 271 g/mol. The molecule has 1 saturated heterocycles. The Bertz CT molecular complexity index is 277. The third-order valence-electron chi connectivity index (χ3n) is 2.18. The van der Waals surface area contributed by atoms with Gasteiger partial charge in [0.1, 0.15) is 0 Å². The van der Waals surface area contributed by atoms with Crippen molar-refractivity contribution in [1.29, 1.82) is 0 Å². The molecule has 16 heavy (non-hydrogen) atoms. The molecule has 92 valence electrons. The van der Waals surface area contributed by atoms with Crippen LogP contribution in [0.5, 0.6) is 0 Å². The van der Waals surface area contributed by atoms with Gasteiger partial charge in [0, 0.05) is 19.8 Å². The summed E-state index contributed by atoms with van der Waals surface area (Å²) in [5.41, 5.74) is 0. The lowest BCUT2D eigenvalue weighted by atomic mass is 10.2. The summed E-state index contributed by atoms with van der Waals surface area (Å²) in [4.78, 5) is 22.6. The third kappa shape index (κ3) is 3.23. The van der Waals surface area contributed by atoms with Crippen LogP contribution < -0.4 is 0 Å². The minimum absolute atomic E-state index is 0.121. The van der Waals surface area contributed by atoms with Gasteiger partial charge in [-0.1, -0.05) is 23.2 Å². The lowest BCUT2D eigenvalue weighted by Crippen LogP contribution is -2.50. The number of rotatable bonds is 1. The Morgan fingerprint density at radius 3 is 1.88 bits per heavy atom. The Balaban J connectivity index is 2.93. The van der Waals surface area contributed by atoms with Crippen molar-refractivity contribution in [2.24, 2.45) is 0 Å². The van der Waals surface area contributed by atoms with Crippen molar-refractivity contribution in [3.05, 3.63) is 0 Å². The van der Waals surface area contributed by atoms with E-state index >= 15 is 0 Å². The fourth-order valence-electron chi connectivity index (χ4n) is 1.22. The van der Waals surface area contributed by atoms with Gasteiger partial charge in [-0.2, -0.15) is 0 Å². The Morgan fingerprint density at radius 2 is 1.56 bits per heavy atom. The summed E-state index contributed by atoms with van der Waals surface area (Å²) in [5.74, 6) is -3.34. The molecule has 0 spiro atoms. The van der Waals surface area contributed by atoms with Gasteiger partial charge in [0.05, 0.1) is 0 Å². The van der Waals surface area contributed by atoms with E-state index in [1.807, 2.05) is 0 Å². The monoisotopic (exact) mass is 270 g/mol. The molecular formula is C9H12Cl2O5. The number of carbonyl (C=O) groups is 2. The predicted molar refractivity (Wildman–Crippen MR) is 55.7 cm³/mol. The summed E-state index contributed by atoms with van der Waals surface area (Å²) < 4.78 is 7.10. The van der Waals surface area contributed by atoms with Gasteiger partial charge in [-0.05, 0) is 12.8 Å². The summed E-state index contributed by atoms with van der Waals surface area (Å²) in [6.07, 6.45) is 1.26. The quantitative estimate of drug-likeness (QED) is 0.577. The standard InChI is InChI=1S/C9H12Cl2O5/c1-8(9(10,11)14)15-6(12)4-2-3-5-7(13)16-8/h14H,2-5H2,1H3. The second kappa shape index (κ2) is 4.77. The molecule has 0 aromatic carbocycles. The largest absolute Gasteiger partial charge is 0.417 e. The molecule has 5 nitrogen and oxygen atoms in total. The van der Waals surface area contributed by atoms with E-state index < -0.39 is 22.2 Å². The van der Waals surface area contributed by atoms with Crippen LogP contribution in [0.3, 0.4) is 0 Å². The van der Waals surface area contributed by atoms with Crippen molar-refractivity contribution in [3.63, 3.8) is 0 Å². The zero-order chi connectivity index (χ0) is 12.4. The molecule has 0 amide bonds. The van der Waals surface area contributed by atoms with Gasteiger partial charge in [0.2, 0.25) is 0 Å². The minimum Gasteiger partial charge on any atom is -0.417 e.